The van der Waals surface area contributed by atoms with Crippen LogP contribution in [0.3, 0.4) is 0 Å². The molecule has 0 bridgehead atoms. The Morgan fingerprint density at radius 1 is 0.750 bits per heavy atom. The minimum Gasteiger partial charge on any atom is -0.792 e. The quantitative estimate of drug-likeness (QED) is 0.230. The van der Waals surface area contributed by atoms with Gasteiger partial charge in [0, 0.05) is 0 Å². The minimum atomic E-state index is 0. The van der Waals surface area contributed by atoms with E-state index in [1.807, 2.05) is 0 Å². The summed E-state index contributed by atoms with van der Waals surface area (Å²) in [5, 5.41) is 25.0. The van der Waals surface area contributed by atoms with Gasteiger partial charge in [-0.15, -0.1) is 0 Å². The summed E-state index contributed by atoms with van der Waals surface area (Å²) < 4.78 is 0. The molecule has 0 N–H and O–H groups in total. The molecule has 6 heteroatoms. The molecule has 0 spiro atoms. The van der Waals surface area contributed by atoms with E-state index in [2.05, 4.69) is 10.3 Å². The molecule has 0 aromatic rings. The Labute approximate surface area is 155 Å². The Bertz CT molecular complexity index is 204. The predicted molar refractivity (Wildman–Crippen MR) is 39.9 cm³/mol. The van der Waals surface area contributed by atoms with Crippen molar-refractivity contribution in [3.05, 3.63) is 34.7 Å². The average Bonchev–Trinajstić information content (AvgIpc) is 2.05. The van der Waals surface area contributed by atoms with Crippen LogP contribution in [0.25, 0.3) is 0 Å². The molecule has 0 heterocycles. The summed E-state index contributed by atoms with van der Waals surface area (Å²) in [6.07, 6.45) is 5.74. The van der Waals surface area contributed by atoms with Crippen molar-refractivity contribution < 1.29 is 103 Å². The molecule has 0 aromatic carbocycles. The summed E-state index contributed by atoms with van der Waals surface area (Å²) >= 11 is 0. The smallest absolute Gasteiger partial charge is 0.792 e. The van der Waals surface area contributed by atoms with Crippen molar-refractivity contribution in [1.29, 1.82) is 0 Å². The van der Waals surface area contributed by atoms with Crippen LogP contribution in [0.2, 0.25) is 0 Å². The first-order valence-electron chi connectivity index (χ1n) is 2.63. The van der Waals surface area contributed by atoms with Crippen molar-refractivity contribution in [2.75, 3.05) is 0 Å². The fourth-order valence-corrected chi connectivity index (χ4v) is 0.574. The van der Waals surface area contributed by atoms with Crippen LogP contribution >= 0.6 is 0 Å². The zero-order chi connectivity index (χ0) is 7.40. The van der Waals surface area contributed by atoms with Crippen LogP contribution in [-0.2, 0) is 0 Å². The van der Waals surface area contributed by atoms with E-state index < -0.39 is 0 Å². The Balaban J connectivity index is 0. The zero-order valence-electron chi connectivity index (χ0n) is 7.02. The Kier molecular flexibility index (Phi) is 12.4. The Morgan fingerprint density at radius 3 is 1.17 bits per heavy atom. The molecule has 0 aromatic heterocycles. The van der Waals surface area contributed by atoms with Gasteiger partial charge in [-0.3, -0.25) is 0 Å². The molecule has 1 rings (SSSR count). The zero-order valence-corrected chi connectivity index (χ0v) is 13.3. The molecule has 1 aliphatic carbocycles. The molecule has 0 fully saturated rings. The van der Waals surface area contributed by atoms with Gasteiger partial charge in [-0.25, -0.2) is 0 Å². The SMILES string of the molecule is [K+].[K+].[O-]N=C1C=CC(=N[O-])C=C1. The molecule has 0 aliphatic heterocycles. The molecular weight excluding hydrogens is 210 g/mol. The van der Waals surface area contributed by atoms with Crippen LogP contribution in [-0.4, -0.2) is 11.4 Å². The Hall–Kier alpha value is 1.69. The maximum atomic E-state index is 9.85. The van der Waals surface area contributed by atoms with Gasteiger partial charge in [-0.05, 0) is 24.3 Å². The van der Waals surface area contributed by atoms with Crippen LogP contribution in [0.1, 0.15) is 0 Å². The molecule has 0 unspecified atom stereocenters. The van der Waals surface area contributed by atoms with Crippen molar-refractivity contribution in [2.45, 2.75) is 0 Å². The van der Waals surface area contributed by atoms with Crippen LogP contribution < -0.4 is 103 Å². The molecule has 0 atom stereocenters. The van der Waals surface area contributed by atoms with E-state index in [9.17, 15) is 10.4 Å². The van der Waals surface area contributed by atoms with E-state index in [1.165, 1.54) is 24.3 Å². The van der Waals surface area contributed by atoms with E-state index in [4.69, 9.17) is 0 Å². The second kappa shape index (κ2) is 9.26. The molecule has 0 radical (unpaired) electrons. The third-order valence-corrected chi connectivity index (χ3v) is 1.06. The maximum absolute atomic E-state index is 9.85. The predicted octanol–water partition coefficient (Wildman–Crippen LogP) is -5.00. The van der Waals surface area contributed by atoms with Crippen molar-refractivity contribution >= 4 is 11.4 Å². The summed E-state index contributed by atoms with van der Waals surface area (Å²) in [5.41, 5.74) is 0.597. The first-order valence-corrected chi connectivity index (χ1v) is 2.63. The van der Waals surface area contributed by atoms with E-state index in [-0.39, 0.29) is 103 Å². The number of hydrogen-bond donors (Lipinski definition) is 0. The summed E-state index contributed by atoms with van der Waals surface area (Å²) in [4.78, 5) is 0. The Morgan fingerprint density at radius 2 is 1.00 bits per heavy atom. The maximum Gasteiger partial charge on any atom is 1.00 e. The van der Waals surface area contributed by atoms with Gasteiger partial charge in [0.15, 0.2) is 0 Å². The first kappa shape index (κ1) is 16.1. The van der Waals surface area contributed by atoms with Gasteiger partial charge >= 0.3 is 103 Å². The van der Waals surface area contributed by atoms with Crippen LogP contribution in [0.5, 0.6) is 0 Å². The molecule has 0 amide bonds. The summed E-state index contributed by atoms with van der Waals surface area (Å²) in [7, 11) is 0. The summed E-state index contributed by atoms with van der Waals surface area (Å²) in [6, 6.07) is 0. The molecule has 52 valence electrons. The monoisotopic (exact) mass is 214 g/mol. The normalized spacial score (nSPS) is 13.0. The number of rotatable bonds is 0. The van der Waals surface area contributed by atoms with Gasteiger partial charge in [-0.2, -0.15) is 0 Å². The number of hydrogen-bond acceptors (Lipinski definition) is 4. The summed E-state index contributed by atoms with van der Waals surface area (Å²) in [5.74, 6) is 0. The van der Waals surface area contributed by atoms with Crippen LogP contribution in [0, 0.1) is 10.4 Å². The van der Waals surface area contributed by atoms with Gasteiger partial charge in [0.2, 0.25) is 0 Å². The minimum absolute atomic E-state index is 0. The van der Waals surface area contributed by atoms with Crippen molar-refractivity contribution in [1.82, 2.24) is 0 Å². The topological polar surface area (TPSA) is 70.8 Å². The number of allylic oxidation sites excluding steroid dienone is 4. The van der Waals surface area contributed by atoms with E-state index >= 15 is 0 Å². The largest absolute Gasteiger partial charge is 1.00 e. The van der Waals surface area contributed by atoms with Gasteiger partial charge in [0.05, 0.1) is 11.4 Å². The molecule has 0 saturated carbocycles. The van der Waals surface area contributed by atoms with Gasteiger partial charge in [0.1, 0.15) is 0 Å². The second-order valence-electron chi connectivity index (χ2n) is 1.70. The van der Waals surface area contributed by atoms with E-state index in [1.54, 1.807) is 0 Å². The van der Waals surface area contributed by atoms with Crippen LogP contribution in [0.15, 0.2) is 34.6 Å². The third-order valence-electron chi connectivity index (χ3n) is 1.06. The van der Waals surface area contributed by atoms with Crippen molar-refractivity contribution in [2.24, 2.45) is 10.3 Å². The molecular formula is C6H4K2N2O2. The third kappa shape index (κ3) is 5.43. The fraction of sp³-hybridized carbons (Fsp3) is 0. The fourth-order valence-electron chi connectivity index (χ4n) is 0.574. The van der Waals surface area contributed by atoms with Gasteiger partial charge in [0.25, 0.3) is 0 Å². The van der Waals surface area contributed by atoms with Crippen LogP contribution in [0.4, 0.5) is 0 Å². The van der Waals surface area contributed by atoms with Gasteiger partial charge < -0.3 is 20.7 Å². The van der Waals surface area contributed by atoms with E-state index in [0.717, 1.165) is 0 Å². The second-order valence-corrected chi connectivity index (χ2v) is 1.70. The molecule has 1 aliphatic rings. The first-order chi connectivity index (χ1) is 4.86. The van der Waals surface area contributed by atoms with Crippen molar-refractivity contribution in [3.63, 3.8) is 0 Å². The standard InChI is InChI=1S/C6H6N2O2.2K/c9-7-5-1-2-6(8-10)4-3-5;;/h1-4,9-10H;;/q;2*+1/p-2. The summed E-state index contributed by atoms with van der Waals surface area (Å²) in [6.45, 7) is 0. The number of nitrogens with zero attached hydrogens (tertiary/aromatic N) is 2. The van der Waals surface area contributed by atoms with Crippen molar-refractivity contribution in [3.8, 4) is 0 Å². The molecule has 4 nitrogen and oxygen atoms in total. The average molecular weight is 214 g/mol. The van der Waals surface area contributed by atoms with E-state index in [0.29, 0.717) is 11.4 Å². The molecule has 0 saturated heterocycles. The van der Waals surface area contributed by atoms with Gasteiger partial charge in [-0.1, -0.05) is 0 Å². The molecule has 12 heavy (non-hydrogen) atoms.